The third kappa shape index (κ3) is 2.80. The molecule has 0 saturated heterocycles. The van der Waals surface area contributed by atoms with Crippen molar-refractivity contribution in [1.29, 1.82) is 0 Å². The first-order chi connectivity index (χ1) is 12.5. The van der Waals surface area contributed by atoms with Gasteiger partial charge in [0.05, 0.1) is 5.69 Å². The molecule has 0 saturated carbocycles. The Bertz CT molecular complexity index is 916. The molecule has 1 atom stereocenters. The van der Waals surface area contributed by atoms with Gasteiger partial charge in [0, 0.05) is 11.6 Å². The molecule has 2 N–H and O–H groups in total. The van der Waals surface area contributed by atoms with Crippen molar-refractivity contribution in [2.45, 2.75) is 19.1 Å². The molecule has 0 spiro atoms. The summed E-state index contributed by atoms with van der Waals surface area (Å²) in [7, 11) is 0. The van der Waals surface area contributed by atoms with Crippen LogP contribution in [0.1, 0.15) is 12.5 Å². The van der Waals surface area contributed by atoms with E-state index in [1.165, 1.54) is 6.92 Å². The van der Waals surface area contributed by atoms with Crippen LogP contribution < -0.4 is 24.8 Å². The first-order valence-corrected chi connectivity index (χ1v) is 8.30. The summed E-state index contributed by atoms with van der Waals surface area (Å²) in [4.78, 5) is 25.1. The monoisotopic (exact) mass is 374 g/mol. The number of nitrogens with one attached hydrogen (secondary N) is 2. The van der Waals surface area contributed by atoms with E-state index in [0.29, 0.717) is 28.0 Å². The van der Waals surface area contributed by atoms with E-state index in [-0.39, 0.29) is 13.3 Å². The summed E-state index contributed by atoms with van der Waals surface area (Å²) in [6.07, 6.45) is 0. The molecule has 2 aromatic rings. The third-order valence-electron chi connectivity index (χ3n) is 4.26. The molecule has 134 valence electrons. The number of ether oxygens (including phenoxy) is 3. The lowest BCUT2D eigenvalue weighted by atomic mass is 10.0. The Kier molecular flexibility index (Phi) is 3.88. The maximum atomic E-state index is 12.6. The van der Waals surface area contributed by atoms with Gasteiger partial charge in [0.1, 0.15) is 5.75 Å². The summed E-state index contributed by atoms with van der Waals surface area (Å²) < 4.78 is 16.3. The van der Waals surface area contributed by atoms with E-state index >= 15 is 0 Å². The third-order valence-corrected chi connectivity index (χ3v) is 4.50. The number of hydrogen-bond acceptors (Lipinski definition) is 5. The van der Waals surface area contributed by atoms with Gasteiger partial charge in [-0.1, -0.05) is 17.7 Å². The molecule has 2 aliphatic rings. The zero-order chi connectivity index (χ0) is 18.3. The smallest absolute Gasteiger partial charge is 0.278 e. The van der Waals surface area contributed by atoms with Crippen molar-refractivity contribution < 1.29 is 23.8 Å². The average Bonchev–Trinajstić information content (AvgIpc) is 3.08. The molecule has 2 heterocycles. The minimum Gasteiger partial charge on any atom is -0.466 e. The molecule has 0 radical (unpaired) electrons. The van der Waals surface area contributed by atoms with Crippen LogP contribution in [-0.2, 0) is 16.1 Å². The number of benzene rings is 2. The Balaban J connectivity index is 1.48. The molecule has 26 heavy (non-hydrogen) atoms. The fourth-order valence-corrected chi connectivity index (χ4v) is 2.92. The number of amides is 2. The molecular weight excluding hydrogens is 360 g/mol. The SMILES string of the molecule is CC1(C(=O)NCc2ccc3c(c2)OCO3)Oc2ccc(Cl)cc2NC1=O. The van der Waals surface area contributed by atoms with Crippen LogP contribution in [0.5, 0.6) is 17.2 Å². The number of carbonyl (C=O) groups is 2. The van der Waals surface area contributed by atoms with E-state index in [0.717, 1.165) is 5.56 Å². The van der Waals surface area contributed by atoms with Crippen LogP contribution in [0.4, 0.5) is 5.69 Å². The summed E-state index contributed by atoms with van der Waals surface area (Å²) in [5, 5.41) is 5.85. The number of carbonyl (C=O) groups excluding carboxylic acids is 2. The van der Waals surface area contributed by atoms with Crippen LogP contribution in [0.15, 0.2) is 36.4 Å². The largest absolute Gasteiger partial charge is 0.466 e. The zero-order valence-corrected chi connectivity index (χ0v) is 14.6. The number of hydrogen-bond donors (Lipinski definition) is 2. The standard InChI is InChI=1S/C18H15ClN2O5/c1-18(17(23)21-12-7-11(19)3-5-13(12)26-18)16(22)20-8-10-2-4-14-15(6-10)25-9-24-14/h2-7H,8-9H2,1H3,(H,20,22)(H,21,23). The molecule has 2 aromatic carbocycles. The van der Waals surface area contributed by atoms with E-state index in [1.54, 1.807) is 30.3 Å². The van der Waals surface area contributed by atoms with Crippen molar-refractivity contribution in [3.63, 3.8) is 0 Å². The highest BCUT2D eigenvalue weighted by Gasteiger charge is 2.47. The van der Waals surface area contributed by atoms with Crippen molar-refractivity contribution in [2.75, 3.05) is 12.1 Å². The van der Waals surface area contributed by atoms with Gasteiger partial charge in [-0.05, 0) is 42.8 Å². The van der Waals surface area contributed by atoms with Gasteiger partial charge in [-0.3, -0.25) is 9.59 Å². The van der Waals surface area contributed by atoms with Crippen molar-refractivity contribution in [1.82, 2.24) is 5.32 Å². The van der Waals surface area contributed by atoms with Crippen molar-refractivity contribution >= 4 is 29.1 Å². The van der Waals surface area contributed by atoms with Crippen LogP contribution in [0, 0.1) is 0 Å². The Morgan fingerprint density at radius 3 is 2.81 bits per heavy atom. The van der Waals surface area contributed by atoms with E-state index in [1.807, 2.05) is 6.07 Å². The molecule has 0 bridgehead atoms. The highest BCUT2D eigenvalue weighted by molar-refractivity contribution is 6.31. The van der Waals surface area contributed by atoms with Gasteiger partial charge in [0.25, 0.3) is 17.4 Å². The van der Waals surface area contributed by atoms with Crippen LogP contribution in [0.2, 0.25) is 5.02 Å². The van der Waals surface area contributed by atoms with Gasteiger partial charge in [0.15, 0.2) is 11.5 Å². The Labute approximate surface area is 154 Å². The van der Waals surface area contributed by atoms with Gasteiger partial charge in [0.2, 0.25) is 6.79 Å². The minimum atomic E-state index is -1.68. The number of halogens is 1. The van der Waals surface area contributed by atoms with Crippen molar-refractivity contribution in [3.8, 4) is 17.2 Å². The van der Waals surface area contributed by atoms with Crippen LogP contribution in [-0.4, -0.2) is 24.2 Å². The number of anilines is 1. The van der Waals surface area contributed by atoms with Crippen molar-refractivity contribution in [2.24, 2.45) is 0 Å². The van der Waals surface area contributed by atoms with Gasteiger partial charge >= 0.3 is 0 Å². The summed E-state index contributed by atoms with van der Waals surface area (Å²) >= 11 is 5.91. The van der Waals surface area contributed by atoms with Crippen LogP contribution in [0.3, 0.4) is 0 Å². The summed E-state index contributed by atoms with van der Waals surface area (Å²) in [6, 6.07) is 10.2. The molecular formula is C18H15ClN2O5. The second kappa shape index (κ2) is 6.10. The maximum absolute atomic E-state index is 12.6. The molecule has 7 nitrogen and oxygen atoms in total. The van der Waals surface area contributed by atoms with E-state index in [4.69, 9.17) is 25.8 Å². The molecule has 8 heteroatoms. The second-order valence-corrected chi connectivity index (χ2v) is 6.54. The van der Waals surface area contributed by atoms with Gasteiger partial charge in [-0.25, -0.2) is 0 Å². The molecule has 2 aliphatic heterocycles. The van der Waals surface area contributed by atoms with Gasteiger partial charge < -0.3 is 24.8 Å². The quantitative estimate of drug-likeness (QED) is 0.806. The van der Waals surface area contributed by atoms with Crippen LogP contribution in [0.25, 0.3) is 0 Å². The van der Waals surface area contributed by atoms with Crippen LogP contribution >= 0.6 is 11.6 Å². The van der Waals surface area contributed by atoms with E-state index in [2.05, 4.69) is 10.6 Å². The molecule has 0 aliphatic carbocycles. The molecule has 2 amide bonds. The van der Waals surface area contributed by atoms with Gasteiger partial charge in [-0.15, -0.1) is 0 Å². The second-order valence-electron chi connectivity index (χ2n) is 6.10. The number of fused-ring (bicyclic) bond motifs is 2. The first kappa shape index (κ1) is 16.5. The lowest BCUT2D eigenvalue weighted by Gasteiger charge is -2.33. The first-order valence-electron chi connectivity index (χ1n) is 7.92. The highest BCUT2D eigenvalue weighted by atomic mass is 35.5. The number of rotatable bonds is 3. The topological polar surface area (TPSA) is 85.9 Å². The lowest BCUT2D eigenvalue weighted by molar-refractivity contribution is -0.146. The minimum absolute atomic E-state index is 0.181. The van der Waals surface area contributed by atoms with E-state index in [9.17, 15) is 9.59 Å². The fraction of sp³-hybridized carbons (Fsp3) is 0.222. The molecule has 0 aromatic heterocycles. The van der Waals surface area contributed by atoms with E-state index < -0.39 is 17.4 Å². The Hall–Kier alpha value is -2.93. The molecule has 0 fully saturated rings. The highest BCUT2D eigenvalue weighted by Crippen LogP contribution is 2.36. The molecule has 4 rings (SSSR count). The fourth-order valence-electron chi connectivity index (χ4n) is 2.75. The Morgan fingerprint density at radius 1 is 1.19 bits per heavy atom. The average molecular weight is 375 g/mol. The molecule has 1 unspecified atom stereocenters. The Morgan fingerprint density at radius 2 is 1.96 bits per heavy atom. The summed E-state index contributed by atoms with van der Waals surface area (Å²) in [5.74, 6) is 0.566. The van der Waals surface area contributed by atoms with Gasteiger partial charge in [-0.2, -0.15) is 0 Å². The predicted octanol–water partition coefficient (Wildman–Crippen LogP) is 2.47. The van der Waals surface area contributed by atoms with Crippen molar-refractivity contribution in [3.05, 3.63) is 47.0 Å². The summed E-state index contributed by atoms with van der Waals surface area (Å²) in [5.41, 5.74) is -0.435. The lowest BCUT2D eigenvalue weighted by Crippen LogP contribution is -2.58. The predicted molar refractivity (Wildman–Crippen MR) is 93.5 cm³/mol. The zero-order valence-electron chi connectivity index (χ0n) is 13.8. The maximum Gasteiger partial charge on any atom is 0.278 e. The normalized spacial score (nSPS) is 20.0. The summed E-state index contributed by atoms with van der Waals surface area (Å²) in [6.45, 7) is 1.82.